The van der Waals surface area contributed by atoms with Crippen molar-refractivity contribution < 1.29 is 0 Å². The van der Waals surface area contributed by atoms with Crippen LogP contribution in [-0.2, 0) is 0 Å². The van der Waals surface area contributed by atoms with Crippen LogP contribution in [0.3, 0.4) is 0 Å². The van der Waals surface area contributed by atoms with Gasteiger partial charge in [-0.05, 0) is 90.6 Å². The van der Waals surface area contributed by atoms with E-state index in [9.17, 15) is 0 Å². The monoisotopic (exact) mass is 521 g/mol. The predicted molar refractivity (Wildman–Crippen MR) is 177 cm³/mol. The molecule has 0 atom stereocenters. The van der Waals surface area contributed by atoms with Crippen LogP contribution in [0.1, 0.15) is 0 Å². The van der Waals surface area contributed by atoms with Gasteiger partial charge in [0.05, 0.1) is 0 Å². The lowest BCUT2D eigenvalue weighted by atomic mass is 9.93. The van der Waals surface area contributed by atoms with E-state index in [0.29, 0.717) is 0 Å². The van der Waals surface area contributed by atoms with Gasteiger partial charge in [0.2, 0.25) is 0 Å². The Hall–Kier alpha value is -5.40. The van der Waals surface area contributed by atoms with E-state index in [-0.39, 0.29) is 0 Å². The van der Waals surface area contributed by atoms with E-state index in [1.807, 2.05) is 0 Å². The summed E-state index contributed by atoms with van der Waals surface area (Å²) < 4.78 is 0. The lowest BCUT2D eigenvalue weighted by Gasteiger charge is -2.26. The third-order valence-corrected chi connectivity index (χ3v) is 8.21. The Morgan fingerprint density at radius 2 is 0.854 bits per heavy atom. The molecule has 0 spiro atoms. The SMILES string of the molecule is c1ccc(-c2ccc(N(c3ccccc3)c3ccc4c(ccc5c4ccc4ccc6ccccc6c45)c3)cc2)cc1. The van der Waals surface area contributed by atoms with Crippen molar-refractivity contribution in [3.63, 3.8) is 0 Å². The predicted octanol–water partition coefficient (Wildman–Crippen LogP) is 11.4. The van der Waals surface area contributed by atoms with Crippen molar-refractivity contribution >= 4 is 60.2 Å². The molecule has 0 bridgehead atoms. The fourth-order valence-electron chi connectivity index (χ4n) is 6.24. The lowest BCUT2D eigenvalue weighted by molar-refractivity contribution is 1.29. The smallest absolute Gasteiger partial charge is 0.0468 e. The fraction of sp³-hybridized carbons (Fsp3) is 0. The van der Waals surface area contributed by atoms with Crippen molar-refractivity contribution in [2.75, 3.05) is 4.90 Å². The first kappa shape index (κ1) is 23.5. The summed E-state index contributed by atoms with van der Waals surface area (Å²) in [4.78, 5) is 2.34. The van der Waals surface area contributed by atoms with Gasteiger partial charge in [0, 0.05) is 17.1 Å². The molecule has 0 fully saturated rings. The van der Waals surface area contributed by atoms with E-state index in [0.717, 1.165) is 17.1 Å². The Morgan fingerprint density at radius 1 is 0.293 bits per heavy atom. The molecule has 0 N–H and O–H groups in total. The number of nitrogens with zero attached hydrogens (tertiary/aromatic N) is 1. The molecule has 8 aromatic rings. The molecule has 192 valence electrons. The molecular weight excluding hydrogens is 494 g/mol. The zero-order valence-corrected chi connectivity index (χ0v) is 22.5. The van der Waals surface area contributed by atoms with Gasteiger partial charge in [0.1, 0.15) is 0 Å². The molecule has 41 heavy (non-hydrogen) atoms. The van der Waals surface area contributed by atoms with Gasteiger partial charge in [-0.15, -0.1) is 0 Å². The highest BCUT2D eigenvalue weighted by atomic mass is 15.1. The van der Waals surface area contributed by atoms with Crippen LogP contribution in [-0.4, -0.2) is 0 Å². The summed E-state index contributed by atoms with van der Waals surface area (Å²) in [7, 11) is 0. The zero-order chi connectivity index (χ0) is 27.2. The third-order valence-electron chi connectivity index (χ3n) is 8.21. The van der Waals surface area contributed by atoms with Crippen molar-refractivity contribution in [2.24, 2.45) is 0 Å². The summed E-state index contributed by atoms with van der Waals surface area (Å²) in [6, 6.07) is 59.2. The number of anilines is 3. The van der Waals surface area contributed by atoms with E-state index in [1.165, 1.54) is 54.2 Å². The number of hydrogen-bond acceptors (Lipinski definition) is 1. The molecule has 0 amide bonds. The summed E-state index contributed by atoms with van der Waals surface area (Å²) in [6.45, 7) is 0. The zero-order valence-electron chi connectivity index (χ0n) is 22.5. The first-order chi connectivity index (χ1) is 20.3. The van der Waals surface area contributed by atoms with E-state index in [2.05, 4.69) is 169 Å². The molecule has 0 heterocycles. The van der Waals surface area contributed by atoms with Crippen LogP contribution in [0.15, 0.2) is 164 Å². The van der Waals surface area contributed by atoms with Crippen LogP contribution in [0.5, 0.6) is 0 Å². The maximum absolute atomic E-state index is 2.34. The standard InChI is InChI=1S/C40H27N/c1-3-9-28(10-4-1)29-17-21-34(22-18-29)41(33-12-5-2-6-13-33)35-23-26-36-32(27-35)20-25-39-38(36)24-19-31-16-15-30-11-7-8-14-37(30)40(31)39/h1-27H. The first-order valence-corrected chi connectivity index (χ1v) is 14.1. The van der Waals surface area contributed by atoms with Gasteiger partial charge < -0.3 is 4.90 Å². The third kappa shape index (κ3) is 4.02. The minimum Gasteiger partial charge on any atom is -0.310 e. The largest absolute Gasteiger partial charge is 0.310 e. The van der Waals surface area contributed by atoms with Gasteiger partial charge in [-0.3, -0.25) is 0 Å². The van der Waals surface area contributed by atoms with Crippen molar-refractivity contribution in [1.29, 1.82) is 0 Å². The Kier molecular flexibility index (Phi) is 5.53. The molecule has 1 heteroatoms. The minimum absolute atomic E-state index is 1.13. The summed E-state index contributed by atoms with van der Waals surface area (Å²) >= 11 is 0. The van der Waals surface area contributed by atoms with Crippen molar-refractivity contribution in [3.8, 4) is 11.1 Å². The summed E-state index contributed by atoms with van der Waals surface area (Å²) in [5, 5.41) is 10.3. The number of benzene rings is 8. The molecule has 8 aromatic carbocycles. The highest BCUT2D eigenvalue weighted by Gasteiger charge is 2.14. The van der Waals surface area contributed by atoms with Crippen molar-refractivity contribution in [2.45, 2.75) is 0 Å². The Labute approximate surface area is 239 Å². The average molecular weight is 522 g/mol. The van der Waals surface area contributed by atoms with Crippen LogP contribution in [0.2, 0.25) is 0 Å². The molecule has 0 aliphatic carbocycles. The van der Waals surface area contributed by atoms with Crippen LogP contribution in [0.25, 0.3) is 54.2 Å². The number of hydrogen-bond donors (Lipinski definition) is 0. The van der Waals surface area contributed by atoms with Gasteiger partial charge in [-0.1, -0.05) is 127 Å². The van der Waals surface area contributed by atoms with Gasteiger partial charge in [-0.2, -0.15) is 0 Å². The second-order valence-electron chi connectivity index (χ2n) is 10.6. The Morgan fingerprint density at radius 3 is 1.68 bits per heavy atom. The summed E-state index contributed by atoms with van der Waals surface area (Å²) in [6.07, 6.45) is 0. The van der Waals surface area contributed by atoms with Gasteiger partial charge in [-0.25, -0.2) is 0 Å². The topological polar surface area (TPSA) is 3.24 Å². The van der Waals surface area contributed by atoms with Crippen LogP contribution >= 0.6 is 0 Å². The molecule has 1 nitrogen and oxygen atoms in total. The lowest BCUT2D eigenvalue weighted by Crippen LogP contribution is -2.09. The van der Waals surface area contributed by atoms with Gasteiger partial charge in [0.25, 0.3) is 0 Å². The number of rotatable bonds is 4. The molecule has 0 saturated carbocycles. The fourth-order valence-corrected chi connectivity index (χ4v) is 6.24. The molecule has 0 aliphatic rings. The molecule has 0 radical (unpaired) electrons. The summed E-state index contributed by atoms with van der Waals surface area (Å²) in [5.41, 5.74) is 5.85. The van der Waals surface area contributed by atoms with Crippen LogP contribution < -0.4 is 4.90 Å². The normalized spacial score (nSPS) is 11.4. The Bertz CT molecular complexity index is 2180. The molecule has 0 unspecified atom stereocenters. The van der Waals surface area contributed by atoms with Crippen LogP contribution in [0.4, 0.5) is 17.1 Å². The summed E-state index contributed by atoms with van der Waals surface area (Å²) in [5.74, 6) is 0. The van der Waals surface area contributed by atoms with E-state index < -0.39 is 0 Å². The Balaban J connectivity index is 1.29. The second kappa shape index (κ2) is 9.66. The first-order valence-electron chi connectivity index (χ1n) is 14.1. The number of para-hydroxylation sites is 1. The van der Waals surface area contributed by atoms with Crippen molar-refractivity contribution in [1.82, 2.24) is 0 Å². The van der Waals surface area contributed by atoms with Gasteiger partial charge in [0.15, 0.2) is 0 Å². The minimum atomic E-state index is 1.13. The molecular formula is C40H27N. The molecule has 8 rings (SSSR count). The van der Waals surface area contributed by atoms with Crippen LogP contribution in [0, 0.1) is 0 Å². The highest BCUT2D eigenvalue weighted by Crippen LogP contribution is 2.40. The van der Waals surface area contributed by atoms with Gasteiger partial charge >= 0.3 is 0 Å². The average Bonchev–Trinajstić information content (AvgIpc) is 3.05. The van der Waals surface area contributed by atoms with E-state index >= 15 is 0 Å². The quantitative estimate of drug-likeness (QED) is 0.208. The van der Waals surface area contributed by atoms with E-state index in [1.54, 1.807) is 0 Å². The van der Waals surface area contributed by atoms with Crippen molar-refractivity contribution in [3.05, 3.63) is 164 Å². The van der Waals surface area contributed by atoms with E-state index in [4.69, 9.17) is 0 Å². The highest BCUT2D eigenvalue weighted by molar-refractivity contribution is 6.24. The second-order valence-corrected chi connectivity index (χ2v) is 10.6. The molecule has 0 saturated heterocycles. The number of fused-ring (bicyclic) bond motifs is 7. The molecule has 0 aliphatic heterocycles. The maximum Gasteiger partial charge on any atom is 0.0468 e. The molecule has 0 aromatic heterocycles. The maximum atomic E-state index is 2.34.